The second kappa shape index (κ2) is 8.51. The molecule has 0 aliphatic carbocycles. The number of aliphatic hydroxyl groups excluding tert-OH is 1. The largest absolute Gasteiger partial charge is 0.497 e. The number of ether oxygens (including phenoxy) is 2. The fourth-order valence-electron chi connectivity index (χ4n) is 2.62. The summed E-state index contributed by atoms with van der Waals surface area (Å²) in [6, 6.07) is 6.58. The molecule has 1 saturated heterocycles. The van der Waals surface area contributed by atoms with E-state index in [1.54, 1.807) is 36.3 Å². The van der Waals surface area contributed by atoms with Gasteiger partial charge in [0.1, 0.15) is 31.3 Å². The minimum atomic E-state index is -0.768. The molecule has 24 heavy (non-hydrogen) atoms. The van der Waals surface area contributed by atoms with Crippen molar-refractivity contribution in [2.75, 3.05) is 33.9 Å². The van der Waals surface area contributed by atoms with Crippen LogP contribution in [0.4, 0.5) is 0 Å². The Bertz CT molecular complexity index is 576. The molecule has 2 rings (SSSR count). The predicted octanol–water partition coefficient (Wildman–Crippen LogP) is -0.00310. The van der Waals surface area contributed by atoms with Gasteiger partial charge >= 0.3 is 0 Å². The predicted molar refractivity (Wildman–Crippen MR) is 88.1 cm³/mol. The molecule has 8 heteroatoms. The maximum absolute atomic E-state index is 11.5. The van der Waals surface area contributed by atoms with E-state index in [1.165, 1.54) is 7.11 Å². The van der Waals surface area contributed by atoms with Crippen molar-refractivity contribution in [1.82, 2.24) is 4.90 Å². The zero-order chi connectivity index (χ0) is 17.5. The first-order valence-electron chi connectivity index (χ1n) is 7.60. The third-order valence-electron chi connectivity index (χ3n) is 3.75. The zero-order valence-corrected chi connectivity index (χ0v) is 13.8. The number of hydrogen-bond acceptors (Lipinski definition) is 7. The lowest BCUT2D eigenvalue weighted by atomic mass is 10.2. The summed E-state index contributed by atoms with van der Waals surface area (Å²) in [4.78, 5) is 18.1. The molecular weight excluding hydrogens is 314 g/mol. The molecule has 3 N–H and O–H groups in total. The Morgan fingerprint density at radius 3 is 2.62 bits per heavy atom. The highest BCUT2D eigenvalue weighted by atomic mass is 16.6. The number of carbonyl (C=O) groups excluding carboxylic acids is 1. The Balaban J connectivity index is 1.86. The maximum Gasteiger partial charge on any atom is 0.235 e. The molecule has 0 aromatic heterocycles. The van der Waals surface area contributed by atoms with Gasteiger partial charge in [0.05, 0.1) is 18.9 Å². The topological polar surface area (TPSA) is 107 Å². The van der Waals surface area contributed by atoms with Crippen molar-refractivity contribution in [3.8, 4) is 11.5 Å². The second-order valence-corrected chi connectivity index (χ2v) is 5.53. The van der Waals surface area contributed by atoms with E-state index in [0.29, 0.717) is 18.7 Å². The van der Waals surface area contributed by atoms with E-state index in [-0.39, 0.29) is 13.2 Å². The number of aliphatic hydroxyl groups is 1. The van der Waals surface area contributed by atoms with E-state index in [1.807, 2.05) is 0 Å². The summed E-state index contributed by atoms with van der Waals surface area (Å²) in [5.74, 6) is 0.915. The van der Waals surface area contributed by atoms with Crippen molar-refractivity contribution in [2.24, 2.45) is 10.9 Å². The Kier molecular flexibility index (Phi) is 6.39. The number of primary amides is 1. The van der Waals surface area contributed by atoms with E-state index in [9.17, 15) is 9.90 Å². The molecule has 2 unspecified atom stereocenters. The molecule has 1 aromatic rings. The molecule has 0 radical (unpaired) electrons. The Morgan fingerprint density at radius 2 is 2.04 bits per heavy atom. The number of hydrogen-bond donors (Lipinski definition) is 2. The summed E-state index contributed by atoms with van der Waals surface area (Å²) in [5.41, 5.74) is 6.14. The average molecular weight is 337 g/mol. The van der Waals surface area contributed by atoms with E-state index in [4.69, 9.17) is 20.0 Å². The normalized spacial score (nSPS) is 20.8. The number of β-amino-alcohol motifs (C(OH)–C–C–N with tert-alkyl or cyclic N) is 1. The smallest absolute Gasteiger partial charge is 0.235 e. The quantitative estimate of drug-likeness (QED) is 0.647. The van der Waals surface area contributed by atoms with Crippen LogP contribution in [0.25, 0.3) is 0 Å². The lowest BCUT2D eigenvalue weighted by Crippen LogP contribution is -2.44. The van der Waals surface area contributed by atoms with E-state index in [0.717, 1.165) is 11.5 Å². The number of nitrogens with two attached hydrogens (primary N) is 1. The number of amides is 1. The van der Waals surface area contributed by atoms with Gasteiger partial charge in [0.2, 0.25) is 5.91 Å². The van der Waals surface area contributed by atoms with Crippen LogP contribution in [0.15, 0.2) is 29.4 Å². The molecule has 1 aromatic carbocycles. The summed E-state index contributed by atoms with van der Waals surface area (Å²) in [6.45, 7) is 0.790. The monoisotopic (exact) mass is 337 g/mol. The van der Waals surface area contributed by atoms with Gasteiger partial charge in [0.25, 0.3) is 0 Å². The van der Waals surface area contributed by atoms with Gasteiger partial charge in [-0.3, -0.25) is 9.69 Å². The van der Waals surface area contributed by atoms with Crippen molar-refractivity contribution < 1.29 is 24.2 Å². The van der Waals surface area contributed by atoms with Gasteiger partial charge in [0.15, 0.2) is 0 Å². The van der Waals surface area contributed by atoms with E-state index >= 15 is 0 Å². The summed E-state index contributed by atoms with van der Waals surface area (Å²) in [5, 5.41) is 14.0. The van der Waals surface area contributed by atoms with Gasteiger partial charge in [0, 0.05) is 19.5 Å². The molecule has 1 heterocycles. The standard InChI is InChI=1S/C16H23N3O5/c1-22-13-3-5-14(6-4-13)24-10-12(20)9-19-8-11(18-23-2)7-15(19)16(17)21/h3-6,12,15,20H,7-10H2,1-2H3,(H2,17,21). The molecule has 2 atom stereocenters. The molecule has 8 nitrogen and oxygen atoms in total. The van der Waals surface area contributed by atoms with Crippen LogP contribution in [0.3, 0.4) is 0 Å². The summed E-state index contributed by atoms with van der Waals surface area (Å²) >= 11 is 0. The summed E-state index contributed by atoms with van der Waals surface area (Å²) in [6.07, 6.45) is -0.356. The number of oxime groups is 1. The van der Waals surface area contributed by atoms with Crippen molar-refractivity contribution in [3.05, 3.63) is 24.3 Å². The molecule has 1 aliphatic heterocycles. The summed E-state index contributed by atoms with van der Waals surface area (Å²) in [7, 11) is 3.04. The number of likely N-dealkylation sites (tertiary alicyclic amines) is 1. The van der Waals surface area contributed by atoms with Crippen molar-refractivity contribution in [3.63, 3.8) is 0 Å². The van der Waals surface area contributed by atoms with Crippen LogP contribution in [0.5, 0.6) is 11.5 Å². The van der Waals surface area contributed by atoms with E-state index < -0.39 is 18.1 Å². The van der Waals surface area contributed by atoms with Crippen molar-refractivity contribution in [1.29, 1.82) is 0 Å². The van der Waals surface area contributed by atoms with Gasteiger partial charge in [-0.1, -0.05) is 5.16 Å². The van der Waals surface area contributed by atoms with Gasteiger partial charge in [-0.05, 0) is 24.3 Å². The third kappa shape index (κ3) is 4.84. The van der Waals surface area contributed by atoms with Crippen LogP contribution in [0, 0.1) is 0 Å². The molecule has 1 amide bonds. The highest BCUT2D eigenvalue weighted by Crippen LogP contribution is 2.18. The number of methoxy groups -OCH3 is 1. The molecule has 132 valence electrons. The number of rotatable bonds is 8. The molecule has 1 fully saturated rings. The highest BCUT2D eigenvalue weighted by molar-refractivity contribution is 5.95. The van der Waals surface area contributed by atoms with Crippen LogP contribution < -0.4 is 15.2 Å². The van der Waals surface area contributed by atoms with Crippen LogP contribution in [0.1, 0.15) is 6.42 Å². The van der Waals surface area contributed by atoms with Crippen LogP contribution in [0.2, 0.25) is 0 Å². The first-order chi connectivity index (χ1) is 11.5. The first-order valence-corrected chi connectivity index (χ1v) is 7.60. The number of carbonyl (C=O) groups is 1. The highest BCUT2D eigenvalue weighted by Gasteiger charge is 2.34. The molecule has 0 saturated carbocycles. The van der Waals surface area contributed by atoms with Crippen LogP contribution >= 0.6 is 0 Å². The SMILES string of the molecule is CON=C1CC(C(N)=O)N(CC(O)COc2ccc(OC)cc2)C1. The number of nitrogens with zero attached hydrogens (tertiary/aromatic N) is 2. The first kappa shape index (κ1) is 18.0. The molecule has 1 aliphatic rings. The maximum atomic E-state index is 11.5. The number of benzene rings is 1. The van der Waals surface area contributed by atoms with Crippen LogP contribution in [-0.2, 0) is 9.63 Å². The molecular formula is C16H23N3O5. The van der Waals surface area contributed by atoms with Crippen molar-refractivity contribution in [2.45, 2.75) is 18.6 Å². The Morgan fingerprint density at radius 1 is 1.38 bits per heavy atom. The zero-order valence-electron chi connectivity index (χ0n) is 13.8. The van der Waals surface area contributed by atoms with Crippen LogP contribution in [-0.4, -0.2) is 67.7 Å². The van der Waals surface area contributed by atoms with Gasteiger partial charge < -0.3 is 25.2 Å². The fourth-order valence-corrected chi connectivity index (χ4v) is 2.62. The fraction of sp³-hybridized carbons (Fsp3) is 0.500. The summed E-state index contributed by atoms with van der Waals surface area (Å²) < 4.78 is 10.6. The Hall–Kier alpha value is -2.32. The molecule has 0 spiro atoms. The van der Waals surface area contributed by atoms with Crippen molar-refractivity contribution >= 4 is 11.6 Å². The van der Waals surface area contributed by atoms with Gasteiger partial charge in [-0.25, -0.2) is 0 Å². The second-order valence-electron chi connectivity index (χ2n) is 5.53. The van der Waals surface area contributed by atoms with E-state index in [2.05, 4.69) is 5.16 Å². The lowest BCUT2D eigenvalue weighted by Gasteiger charge is -2.24. The van der Waals surface area contributed by atoms with Gasteiger partial charge in [-0.2, -0.15) is 0 Å². The lowest BCUT2D eigenvalue weighted by molar-refractivity contribution is -0.122. The molecule has 0 bridgehead atoms. The minimum Gasteiger partial charge on any atom is -0.497 e. The third-order valence-corrected chi connectivity index (χ3v) is 3.75. The minimum absolute atomic E-state index is 0.102. The van der Waals surface area contributed by atoms with Gasteiger partial charge in [-0.15, -0.1) is 0 Å². The average Bonchev–Trinajstić information content (AvgIpc) is 2.96. The Labute approximate surface area is 140 Å².